The lowest BCUT2D eigenvalue weighted by Gasteiger charge is -2.41. The number of carbonyl (C=O) groups is 2. The molecule has 2 aliphatic rings. The minimum absolute atomic E-state index is 0. The molecule has 1 saturated heterocycles. The van der Waals surface area contributed by atoms with Crippen LogP contribution in [0.3, 0.4) is 0 Å². The molecule has 0 radical (unpaired) electrons. The average Bonchev–Trinajstić information content (AvgIpc) is 2.94. The van der Waals surface area contributed by atoms with Crippen molar-refractivity contribution in [3.8, 4) is 0 Å². The number of likely N-dealkylation sites (tertiary alicyclic amines) is 1. The van der Waals surface area contributed by atoms with E-state index in [9.17, 15) is 14.0 Å². The van der Waals surface area contributed by atoms with Crippen molar-refractivity contribution < 1.29 is 14.0 Å². The Labute approximate surface area is 214 Å². The van der Waals surface area contributed by atoms with Gasteiger partial charge in [0, 0.05) is 27.3 Å². The molecule has 6 heteroatoms. The van der Waals surface area contributed by atoms with Gasteiger partial charge in [0.15, 0.2) is 11.6 Å². The van der Waals surface area contributed by atoms with Gasteiger partial charge in [-0.3, -0.25) is 9.59 Å². The van der Waals surface area contributed by atoms with E-state index in [1.807, 2.05) is 36.4 Å². The number of ketones is 2. The van der Waals surface area contributed by atoms with Gasteiger partial charge in [0.1, 0.15) is 5.82 Å². The maximum Gasteiger partial charge on any atom is 0.174 e. The summed E-state index contributed by atoms with van der Waals surface area (Å²) >= 11 is 1.70. The molecule has 0 bridgehead atoms. The van der Waals surface area contributed by atoms with Crippen molar-refractivity contribution in [3.05, 3.63) is 95.3 Å². The van der Waals surface area contributed by atoms with Gasteiger partial charge in [-0.2, -0.15) is 0 Å². The van der Waals surface area contributed by atoms with Crippen LogP contribution in [0.5, 0.6) is 0 Å². The number of piperidine rings is 1. The summed E-state index contributed by atoms with van der Waals surface area (Å²) in [5, 5.41) is 0. The van der Waals surface area contributed by atoms with E-state index in [1.54, 1.807) is 23.9 Å². The lowest BCUT2D eigenvalue weighted by atomic mass is 9.68. The van der Waals surface area contributed by atoms with Crippen LogP contribution >= 0.6 is 28.7 Å². The molecule has 0 N–H and O–H groups in total. The van der Waals surface area contributed by atoms with Crippen molar-refractivity contribution in [1.82, 2.24) is 4.90 Å². The molecule has 2 heterocycles. The molecule has 5 rings (SSSR count). The van der Waals surface area contributed by atoms with Gasteiger partial charge in [0.25, 0.3) is 0 Å². The van der Waals surface area contributed by atoms with Crippen LogP contribution in [0.1, 0.15) is 52.0 Å². The van der Waals surface area contributed by atoms with Crippen LogP contribution < -0.4 is 0 Å². The van der Waals surface area contributed by atoms with Crippen molar-refractivity contribution in [2.24, 2.45) is 0 Å². The van der Waals surface area contributed by atoms with Crippen molar-refractivity contribution in [2.75, 3.05) is 19.6 Å². The maximum absolute atomic E-state index is 13.9. The third kappa shape index (κ3) is 4.77. The summed E-state index contributed by atoms with van der Waals surface area (Å²) in [7, 11) is 0. The fraction of sp³-hybridized carbons (Fsp3) is 0.286. The molecular formula is C28H27BrFNO2S. The van der Waals surface area contributed by atoms with Crippen molar-refractivity contribution >= 4 is 40.3 Å². The van der Waals surface area contributed by atoms with Gasteiger partial charge in [-0.05, 0) is 80.9 Å². The number of nitrogens with zero attached hydrogens (tertiary/aromatic N) is 1. The summed E-state index contributed by atoms with van der Waals surface area (Å²) in [6.07, 6.45) is 2.76. The van der Waals surface area contributed by atoms with Crippen LogP contribution in [0.2, 0.25) is 0 Å². The SMILES string of the molecule is Br.O=C(CCCN1CCC2(CC1)C(=O)c1ccccc1Sc1ccccc12)c1ccc(F)cc1. The number of fused-ring (bicyclic) bond motifs is 3. The number of benzene rings is 3. The topological polar surface area (TPSA) is 37.4 Å². The van der Waals surface area contributed by atoms with Gasteiger partial charge in [0.05, 0.1) is 5.41 Å². The third-order valence-corrected chi connectivity index (χ3v) is 8.09. The fourth-order valence-electron chi connectivity index (χ4n) is 5.09. The molecule has 3 nitrogen and oxygen atoms in total. The Kier molecular flexibility index (Phi) is 7.70. The standard InChI is InChI=1S/C28H26FNO2S.BrH/c29-21-13-11-20(12-14-21)24(31)8-5-17-30-18-15-28(16-19-30)23-7-2-4-10-26(23)33-25-9-3-1-6-22(25)27(28)32;/h1-4,6-7,9-14H,5,8,15-19H2;1H. The van der Waals surface area contributed by atoms with Crippen LogP contribution in [-0.4, -0.2) is 36.1 Å². The summed E-state index contributed by atoms with van der Waals surface area (Å²) in [6.45, 7) is 2.49. The Morgan fingerprint density at radius 3 is 2.29 bits per heavy atom. The minimum Gasteiger partial charge on any atom is -0.303 e. The normalized spacial score (nSPS) is 16.8. The predicted octanol–water partition coefficient (Wildman–Crippen LogP) is 6.75. The first-order valence-corrected chi connectivity index (χ1v) is 12.3. The van der Waals surface area contributed by atoms with Gasteiger partial charge in [-0.1, -0.05) is 48.2 Å². The molecule has 0 saturated carbocycles. The highest BCUT2D eigenvalue weighted by Gasteiger charge is 2.46. The first-order valence-electron chi connectivity index (χ1n) is 11.5. The number of rotatable bonds is 5. The minimum atomic E-state index is -0.489. The van der Waals surface area contributed by atoms with Crippen molar-refractivity contribution in [2.45, 2.75) is 40.9 Å². The molecule has 0 unspecified atom stereocenters. The Balaban J connectivity index is 0.00000274. The van der Waals surface area contributed by atoms with E-state index >= 15 is 0 Å². The molecule has 2 aliphatic heterocycles. The Bertz CT molecular complexity index is 1190. The zero-order valence-corrected chi connectivity index (χ0v) is 21.4. The van der Waals surface area contributed by atoms with Gasteiger partial charge in [-0.15, -0.1) is 17.0 Å². The van der Waals surface area contributed by atoms with E-state index in [0.717, 1.165) is 54.9 Å². The molecule has 176 valence electrons. The van der Waals surface area contributed by atoms with Crippen molar-refractivity contribution in [3.63, 3.8) is 0 Å². The van der Waals surface area contributed by atoms with E-state index in [1.165, 1.54) is 17.0 Å². The highest BCUT2D eigenvalue weighted by Crippen LogP contribution is 2.48. The molecule has 0 aromatic heterocycles. The summed E-state index contributed by atoms with van der Waals surface area (Å²) in [5.41, 5.74) is 2.06. The Hall–Kier alpha value is -2.28. The molecule has 1 spiro atoms. The summed E-state index contributed by atoms with van der Waals surface area (Å²) in [6, 6.07) is 22.1. The van der Waals surface area contributed by atoms with Crippen molar-refractivity contribution in [1.29, 1.82) is 0 Å². The first-order chi connectivity index (χ1) is 16.1. The second kappa shape index (κ2) is 10.5. The van der Waals surface area contributed by atoms with E-state index in [0.29, 0.717) is 12.0 Å². The number of carbonyl (C=O) groups excluding carboxylic acids is 2. The summed E-state index contributed by atoms with van der Waals surface area (Å²) < 4.78 is 13.1. The van der Waals surface area contributed by atoms with Crippen LogP contribution in [0, 0.1) is 5.82 Å². The number of Topliss-reactive ketones (excluding diaryl/α,β-unsaturated/α-hetero) is 2. The molecule has 34 heavy (non-hydrogen) atoms. The summed E-state index contributed by atoms with van der Waals surface area (Å²) in [5.74, 6) is -0.0453. The molecule has 0 amide bonds. The average molecular weight is 540 g/mol. The molecule has 0 aliphatic carbocycles. The summed E-state index contributed by atoms with van der Waals surface area (Å²) in [4.78, 5) is 30.8. The molecule has 3 aromatic carbocycles. The fourth-order valence-corrected chi connectivity index (χ4v) is 6.27. The highest BCUT2D eigenvalue weighted by molar-refractivity contribution is 8.93. The van der Waals surface area contributed by atoms with Crippen LogP contribution in [-0.2, 0) is 5.41 Å². The van der Waals surface area contributed by atoms with E-state index in [4.69, 9.17) is 0 Å². The number of hydrogen-bond donors (Lipinski definition) is 0. The third-order valence-electron chi connectivity index (χ3n) is 6.94. The molecular weight excluding hydrogens is 513 g/mol. The predicted molar refractivity (Wildman–Crippen MR) is 139 cm³/mol. The van der Waals surface area contributed by atoms with Crippen LogP contribution in [0.4, 0.5) is 4.39 Å². The zero-order chi connectivity index (χ0) is 22.8. The first kappa shape index (κ1) is 24.8. The smallest absolute Gasteiger partial charge is 0.174 e. The van der Waals surface area contributed by atoms with E-state index < -0.39 is 5.41 Å². The quantitative estimate of drug-likeness (QED) is 0.336. The highest BCUT2D eigenvalue weighted by atomic mass is 79.9. The Morgan fingerprint density at radius 2 is 1.56 bits per heavy atom. The van der Waals surface area contributed by atoms with Crippen LogP contribution in [0.15, 0.2) is 82.6 Å². The molecule has 0 atom stereocenters. The largest absolute Gasteiger partial charge is 0.303 e. The lowest BCUT2D eigenvalue weighted by molar-refractivity contribution is 0.0762. The van der Waals surface area contributed by atoms with Gasteiger partial charge in [-0.25, -0.2) is 4.39 Å². The molecule has 1 fully saturated rings. The monoisotopic (exact) mass is 539 g/mol. The number of halogens is 2. The van der Waals surface area contributed by atoms with Gasteiger partial charge < -0.3 is 4.90 Å². The zero-order valence-electron chi connectivity index (χ0n) is 18.8. The van der Waals surface area contributed by atoms with E-state index in [2.05, 4.69) is 17.0 Å². The van der Waals surface area contributed by atoms with Gasteiger partial charge >= 0.3 is 0 Å². The molecule has 3 aromatic rings. The second-order valence-corrected chi connectivity index (χ2v) is 9.96. The number of hydrogen-bond acceptors (Lipinski definition) is 4. The van der Waals surface area contributed by atoms with Crippen LogP contribution in [0.25, 0.3) is 0 Å². The van der Waals surface area contributed by atoms with Gasteiger partial charge in [0.2, 0.25) is 0 Å². The van der Waals surface area contributed by atoms with E-state index in [-0.39, 0.29) is 34.4 Å². The second-order valence-electron chi connectivity index (χ2n) is 8.88. The maximum atomic E-state index is 13.9. The Morgan fingerprint density at radius 1 is 0.912 bits per heavy atom. The lowest BCUT2D eigenvalue weighted by Crippen LogP contribution is -2.47.